The van der Waals surface area contributed by atoms with Crippen molar-refractivity contribution in [1.82, 2.24) is 20.5 Å². The highest BCUT2D eigenvalue weighted by Gasteiger charge is 2.32. The molecule has 0 aliphatic carbocycles. The minimum absolute atomic E-state index is 0.0365. The first-order valence-corrected chi connectivity index (χ1v) is 8.85. The summed E-state index contributed by atoms with van der Waals surface area (Å²) in [4.78, 5) is 19.3. The Bertz CT molecular complexity index is 702. The van der Waals surface area contributed by atoms with Crippen LogP contribution in [-0.2, 0) is 10.3 Å². The summed E-state index contributed by atoms with van der Waals surface area (Å²) in [6.45, 7) is 5.45. The van der Waals surface area contributed by atoms with E-state index in [9.17, 15) is 4.79 Å². The zero-order chi connectivity index (χ0) is 17.2. The first-order valence-electron chi connectivity index (χ1n) is 8.03. The Morgan fingerprint density at radius 3 is 2.92 bits per heavy atom. The maximum atomic E-state index is 12.7. The molecule has 8 heteroatoms. The average Bonchev–Trinajstić information content (AvgIpc) is 3.03. The molecule has 1 aliphatic rings. The van der Waals surface area contributed by atoms with Crippen molar-refractivity contribution < 1.29 is 4.79 Å². The summed E-state index contributed by atoms with van der Waals surface area (Å²) < 4.78 is 0. The van der Waals surface area contributed by atoms with Gasteiger partial charge in [-0.05, 0) is 38.8 Å². The van der Waals surface area contributed by atoms with Gasteiger partial charge in [0.05, 0.1) is 11.5 Å². The Kier molecular flexibility index (Phi) is 4.66. The summed E-state index contributed by atoms with van der Waals surface area (Å²) in [5.74, 6) is 0.894. The number of nitrogen functional groups attached to an aromatic ring is 1. The number of anilines is 2. The molecule has 0 saturated carbocycles. The fourth-order valence-electron chi connectivity index (χ4n) is 2.89. The van der Waals surface area contributed by atoms with Crippen LogP contribution in [-0.4, -0.2) is 34.2 Å². The molecule has 128 valence electrons. The molecule has 1 fully saturated rings. The molecule has 0 unspecified atom stereocenters. The van der Waals surface area contributed by atoms with E-state index in [0.29, 0.717) is 16.7 Å². The number of nitrogens with one attached hydrogen (secondary N) is 1. The SMILES string of the molecule is CC(C)(NC(=O)[C@@H]1CCCN(c2ccccn2)C1)c1nnc(N)s1. The van der Waals surface area contributed by atoms with E-state index in [-0.39, 0.29) is 11.8 Å². The predicted molar refractivity (Wildman–Crippen MR) is 94.7 cm³/mol. The van der Waals surface area contributed by atoms with E-state index in [4.69, 9.17) is 5.73 Å². The van der Waals surface area contributed by atoms with Gasteiger partial charge in [0.15, 0.2) is 0 Å². The van der Waals surface area contributed by atoms with Crippen LogP contribution in [0.3, 0.4) is 0 Å². The summed E-state index contributed by atoms with van der Waals surface area (Å²) >= 11 is 1.30. The van der Waals surface area contributed by atoms with E-state index in [1.807, 2.05) is 32.0 Å². The summed E-state index contributed by atoms with van der Waals surface area (Å²) in [6.07, 6.45) is 3.63. The highest BCUT2D eigenvalue weighted by atomic mass is 32.1. The van der Waals surface area contributed by atoms with Crippen molar-refractivity contribution >= 4 is 28.2 Å². The molecule has 0 spiro atoms. The molecule has 3 N–H and O–H groups in total. The van der Waals surface area contributed by atoms with Crippen LogP contribution >= 0.6 is 11.3 Å². The van der Waals surface area contributed by atoms with Crippen LogP contribution in [0.25, 0.3) is 0 Å². The third kappa shape index (κ3) is 3.64. The Hall–Kier alpha value is -2.22. The molecular weight excluding hydrogens is 324 g/mol. The van der Waals surface area contributed by atoms with Crippen LogP contribution in [0.15, 0.2) is 24.4 Å². The zero-order valence-corrected chi connectivity index (χ0v) is 14.7. The van der Waals surface area contributed by atoms with Crippen molar-refractivity contribution in [1.29, 1.82) is 0 Å². The monoisotopic (exact) mass is 346 g/mol. The number of rotatable bonds is 4. The molecule has 2 aromatic rings. The highest BCUT2D eigenvalue weighted by molar-refractivity contribution is 7.15. The van der Waals surface area contributed by atoms with Gasteiger partial charge >= 0.3 is 0 Å². The molecule has 1 saturated heterocycles. The predicted octanol–water partition coefficient (Wildman–Crippen LogP) is 1.78. The van der Waals surface area contributed by atoms with Gasteiger partial charge < -0.3 is 16.0 Å². The molecule has 24 heavy (non-hydrogen) atoms. The fourth-order valence-corrected chi connectivity index (χ4v) is 3.56. The molecule has 1 aliphatic heterocycles. The number of hydrogen-bond acceptors (Lipinski definition) is 7. The van der Waals surface area contributed by atoms with Crippen molar-refractivity contribution in [2.24, 2.45) is 5.92 Å². The van der Waals surface area contributed by atoms with Crippen LogP contribution in [0.2, 0.25) is 0 Å². The van der Waals surface area contributed by atoms with Crippen LogP contribution in [0.5, 0.6) is 0 Å². The van der Waals surface area contributed by atoms with Gasteiger partial charge in [-0.1, -0.05) is 17.4 Å². The smallest absolute Gasteiger partial charge is 0.225 e. The number of carbonyl (C=O) groups is 1. The van der Waals surface area contributed by atoms with E-state index in [1.165, 1.54) is 11.3 Å². The van der Waals surface area contributed by atoms with E-state index in [1.54, 1.807) is 6.20 Å². The first-order chi connectivity index (χ1) is 11.5. The standard InChI is InChI=1S/C16H22N6OS/c1-16(2,14-20-21-15(17)24-14)19-13(23)11-6-5-9-22(10-11)12-7-3-4-8-18-12/h3-4,7-8,11H,5-6,9-10H2,1-2H3,(H2,17,21)(H,19,23)/t11-/m1/s1. The lowest BCUT2D eigenvalue weighted by Crippen LogP contribution is -2.48. The maximum absolute atomic E-state index is 12.7. The van der Waals surface area contributed by atoms with Crippen LogP contribution < -0.4 is 16.0 Å². The molecular formula is C16H22N6OS. The van der Waals surface area contributed by atoms with Crippen molar-refractivity contribution in [3.8, 4) is 0 Å². The average molecular weight is 346 g/mol. The van der Waals surface area contributed by atoms with Gasteiger partial charge in [0, 0.05) is 19.3 Å². The van der Waals surface area contributed by atoms with Gasteiger partial charge in [0.25, 0.3) is 0 Å². The summed E-state index contributed by atoms with van der Waals surface area (Å²) in [5, 5.41) is 12.1. The molecule has 1 amide bonds. The number of amides is 1. The third-order valence-corrected chi connectivity index (χ3v) is 5.25. The Morgan fingerprint density at radius 2 is 2.25 bits per heavy atom. The van der Waals surface area contributed by atoms with Crippen molar-refractivity contribution in [2.75, 3.05) is 23.7 Å². The van der Waals surface area contributed by atoms with E-state index in [2.05, 4.69) is 25.4 Å². The second-order valence-electron chi connectivity index (χ2n) is 6.53. The van der Waals surface area contributed by atoms with Crippen LogP contribution in [0.4, 0.5) is 10.9 Å². The Labute approximate surface area is 145 Å². The number of nitrogens with two attached hydrogens (primary N) is 1. The minimum Gasteiger partial charge on any atom is -0.374 e. The highest BCUT2D eigenvalue weighted by Crippen LogP contribution is 2.27. The van der Waals surface area contributed by atoms with Gasteiger partial charge in [-0.25, -0.2) is 4.98 Å². The van der Waals surface area contributed by atoms with Gasteiger partial charge in [0.1, 0.15) is 10.8 Å². The van der Waals surface area contributed by atoms with Gasteiger partial charge in [-0.2, -0.15) is 0 Å². The van der Waals surface area contributed by atoms with Crippen molar-refractivity contribution in [2.45, 2.75) is 32.2 Å². The zero-order valence-electron chi connectivity index (χ0n) is 13.9. The summed E-state index contributed by atoms with van der Waals surface area (Å²) in [6, 6.07) is 5.84. The molecule has 0 aromatic carbocycles. The number of aromatic nitrogens is 3. The lowest BCUT2D eigenvalue weighted by Gasteiger charge is -2.34. The summed E-state index contributed by atoms with van der Waals surface area (Å²) in [7, 11) is 0. The lowest BCUT2D eigenvalue weighted by atomic mass is 9.95. The Morgan fingerprint density at radius 1 is 1.42 bits per heavy atom. The molecule has 2 aromatic heterocycles. The molecule has 3 rings (SSSR count). The molecule has 1 atom stereocenters. The fraction of sp³-hybridized carbons (Fsp3) is 0.500. The van der Waals surface area contributed by atoms with Crippen LogP contribution in [0.1, 0.15) is 31.7 Å². The van der Waals surface area contributed by atoms with E-state index in [0.717, 1.165) is 25.2 Å². The molecule has 0 radical (unpaired) electrons. The number of pyridine rings is 1. The second kappa shape index (κ2) is 6.72. The largest absolute Gasteiger partial charge is 0.374 e. The minimum atomic E-state index is -0.584. The second-order valence-corrected chi connectivity index (χ2v) is 7.54. The maximum Gasteiger partial charge on any atom is 0.225 e. The first kappa shape index (κ1) is 16.6. The van der Waals surface area contributed by atoms with E-state index < -0.39 is 5.54 Å². The molecule has 7 nitrogen and oxygen atoms in total. The molecule has 3 heterocycles. The number of hydrogen-bond donors (Lipinski definition) is 2. The Balaban J connectivity index is 1.66. The third-order valence-electron chi connectivity index (χ3n) is 4.18. The van der Waals surface area contributed by atoms with E-state index >= 15 is 0 Å². The number of nitrogens with zero attached hydrogens (tertiary/aromatic N) is 4. The van der Waals surface area contributed by atoms with Crippen molar-refractivity contribution in [3.05, 3.63) is 29.4 Å². The number of carbonyl (C=O) groups excluding carboxylic acids is 1. The van der Waals surface area contributed by atoms with Gasteiger partial charge in [-0.15, -0.1) is 10.2 Å². The van der Waals surface area contributed by atoms with Crippen molar-refractivity contribution in [3.63, 3.8) is 0 Å². The van der Waals surface area contributed by atoms with Gasteiger partial charge in [-0.3, -0.25) is 4.79 Å². The number of piperidine rings is 1. The normalized spacial score (nSPS) is 18.4. The topological polar surface area (TPSA) is 97.0 Å². The lowest BCUT2D eigenvalue weighted by molar-refractivity contribution is -0.127. The molecule has 0 bridgehead atoms. The quantitative estimate of drug-likeness (QED) is 0.876. The van der Waals surface area contributed by atoms with Crippen LogP contribution in [0, 0.1) is 5.92 Å². The van der Waals surface area contributed by atoms with Gasteiger partial charge in [0.2, 0.25) is 11.0 Å². The summed E-state index contributed by atoms with van der Waals surface area (Å²) in [5.41, 5.74) is 5.07.